The number of rotatable bonds is 3. The number of hydrogen-bond donors (Lipinski definition) is 1. The van der Waals surface area contributed by atoms with Crippen molar-refractivity contribution in [1.29, 1.82) is 0 Å². The number of aryl methyl sites for hydroxylation is 1. The highest BCUT2D eigenvalue weighted by Crippen LogP contribution is 2.23. The Morgan fingerprint density at radius 1 is 1.12 bits per heavy atom. The molecule has 0 radical (unpaired) electrons. The van der Waals surface area contributed by atoms with Crippen LogP contribution in [-0.4, -0.2) is 36.4 Å². The molecule has 0 spiro atoms. The maximum atomic E-state index is 4.91. The molecule has 1 saturated carbocycles. The summed E-state index contributed by atoms with van der Waals surface area (Å²) in [6.07, 6.45) is 6.33. The minimum Gasteiger partial charge on any atom is -0.254 e. The zero-order chi connectivity index (χ0) is 16.4. The minimum atomic E-state index is 0.457. The van der Waals surface area contributed by atoms with Gasteiger partial charge in [-0.25, -0.2) is 4.68 Å². The fourth-order valence-electron chi connectivity index (χ4n) is 2.99. The van der Waals surface area contributed by atoms with E-state index in [4.69, 9.17) is 4.99 Å². The summed E-state index contributed by atoms with van der Waals surface area (Å²) in [5.74, 6) is 0.597. The fraction of sp³-hybridized carbons (Fsp3) is 0.438. The highest BCUT2D eigenvalue weighted by Gasteiger charge is 2.13. The van der Waals surface area contributed by atoms with E-state index in [0.717, 1.165) is 20.9 Å². The van der Waals surface area contributed by atoms with Crippen molar-refractivity contribution in [3.63, 3.8) is 0 Å². The summed E-state index contributed by atoms with van der Waals surface area (Å²) in [5, 5.41) is 19.6. The van der Waals surface area contributed by atoms with Gasteiger partial charge < -0.3 is 0 Å². The predicted octanol–water partition coefficient (Wildman–Crippen LogP) is 2.56. The third-order valence-electron chi connectivity index (χ3n) is 4.31. The smallest absolute Gasteiger partial charge is 0.204 e. The molecular formula is C16H19N7S. The van der Waals surface area contributed by atoms with Crippen LogP contribution in [0, 0.1) is 0 Å². The number of aromatic nitrogens is 6. The zero-order valence-corrected chi connectivity index (χ0v) is 14.3. The molecule has 1 aromatic carbocycles. The molecule has 24 heavy (non-hydrogen) atoms. The van der Waals surface area contributed by atoms with Crippen LogP contribution in [0.15, 0.2) is 29.3 Å². The van der Waals surface area contributed by atoms with Crippen LogP contribution in [0.3, 0.4) is 0 Å². The van der Waals surface area contributed by atoms with Gasteiger partial charge in [-0.15, -0.1) is 10.2 Å². The topological polar surface area (TPSA) is 84.6 Å². The molecule has 1 N–H and O–H groups in total. The second-order valence-electron chi connectivity index (χ2n) is 6.05. The van der Waals surface area contributed by atoms with E-state index in [9.17, 15) is 0 Å². The molecule has 0 bridgehead atoms. The van der Waals surface area contributed by atoms with Crippen LogP contribution in [-0.2, 0) is 7.05 Å². The van der Waals surface area contributed by atoms with Crippen molar-refractivity contribution in [1.82, 2.24) is 30.4 Å². The lowest BCUT2D eigenvalue weighted by molar-refractivity contribution is 0.434. The molecule has 1 aliphatic rings. The molecule has 1 fully saturated rings. The molecule has 0 unspecified atom stereocenters. The minimum absolute atomic E-state index is 0.457. The van der Waals surface area contributed by atoms with Gasteiger partial charge in [0.25, 0.3) is 0 Å². The standard InChI is InChI=1S/C16H19N7S/c1-23-16(17-13-5-3-2-4-6-13)24-15(20-23)12-9-7-11(8-10-12)14-18-21-22-19-14/h7-10,13H,2-6H2,1H3,(H,18,19,21,22). The lowest BCUT2D eigenvalue weighted by atomic mass is 9.96. The molecule has 0 aliphatic heterocycles. The zero-order valence-electron chi connectivity index (χ0n) is 13.5. The van der Waals surface area contributed by atoms with Crippen molar-refractivity contribution in [2.24, 2.45) is 12.0 Å². The molecule has 0 amide bonds. The average molecular weight is 341 g/mol. The number of nitrogens with one attached hydrogen (secondary N) is 1. The normalized spacial score (nSPS) is 16.6. The summed E-state index contributed by atoms with van der Waals surface area (Å²) >= 11 is 1.65. The molecule has 3 aromatic rings. The maximum absolute atomic E-state index is 4.91. The van der Waals surface area contributed by atoms with Crippen LogP contribution in [0.25, 0.3) is 22.0 Å². The number of hydrogen-bond acceptors (Lipinski definition) is 6. The maximum Gasteiger partial charge on any atom is 0.204 e. The molecule has 0 atom stereocenters. The van der Waals surface area contributed by atoms with E-state index in [1.165, 1.54) is 32.1 Å². The van der Waals surface area contributed by atoms with Gasteiger partial charge in [-0.3, -0.25) is 4.99 Å². The Hall–Kier alpha value is -2.35. The van der Waals surface area contributed by atoms with Crippen molar-refractivity contribution in [3.8, 4) is 22.0 Å². The number of tetrazole rings is 1. The van der Waals surface area contributed by atoms with Crippen LogP contribution < -0.4 is 4.80 Å². The number of aromatic amines is 1. The molecule has 2 heterocycles. The molecule has 1 aliphatic carbocycles. The Labute approximate surface area is 143 Å². The monoisotopic (exact) mass is 341 g/mol. The van der Waals surface area contributed by atoms with Crippen molar-refractivity contribution >= 4 is 11.3 Å². The average Bonchev–Trinajstić information content (AvgIpc) is 3.27. The Kier molecular flexibility index (Phi) is 4.20. The first-order chi connectivity index (χ1) is 11.8. The van der Waals surface area contributed by atoms with Gasteiger partial charge in [-0.05, 0) is 18.1 Å². The first kappa shape index (κ1) is 15.2. The highest BCUT2D eigenvalue weighted by atomic mass is 32.1. The van der Waals surface area contributed by atoms with Crippen LogP contribution in [0.1, 0.15) is 32.1 Å². The molecule has 7 nitrogen and oxygen atoms in total. The SMILES string of the molecule is Cn1nc(-c2ccc(-c3nn[nH]n3)cc2)sc1=NC1CCCCC1. The van der Waals surface area contributed by atoms with E-state index < -0.39 is 0 Å². The number of benzene rings is 1. The van der Waals surface area contributed by atoms with E-state index in [1.807, 2.05) is 36.0 Å². The van der Waals surface area contributed by atoms with Gasteiger partial charge in [0.05, 0.1) is 6.04 Å². The Morgan fingerprint density at radius 2 is 1.88 bits per heavy atom. The van der Waals surface area contributed by atoms with E-state index >= 15 is 0 Å². The van der Waals surface area contributed by atoms with Gasteiger partial charge in [0.2, 0.25) is 10.6 Å². The molecule has 124 valence electrons. The Morgan fingerprint density at radius 3 is 2.58 bits per heavy atom. The summed E-state index contributed by atoms with van der Waals surface area (Å²) in [5.41, 5.74) is 2.01. The van der Waals surface area contributed by atoms with Crippen molar-refractivity contribution in [2.75, 3.05) is 0 Å². The molecular weight excluding hydrogens is 322 g/mol. The first-order valence-corrected chi connectivity index (χ1v) is 9.03. The molecule has 2 aromatic heterocycles. The molecule has 8 heteroatoms. The second-order valence-corrected chi connectivity index (χ2v) is 7.00. The lowest BCUT2D eigenvalue weighted by Gasteiger charge is -2.16. The summed E-state index contributed by atoms with van der Waals surface area (Å²) in [6.45, 7) is 0. The van der Waals surface area contributed by atoms with Crippen LogP contribution >= 0.6 is 11.3 Å². The van der Waals surface area contributed by atoms with Crippen molar-refractivity contribution in [3.05, 3.63) is 29.1 Å². The summed E-state index contributed by atoms with van der Waals surface area (Å²) in [7, 11) is 1.97. The fourth-order valence-corrected chi connectivity index (χ4v) is 3.96. The lowest BCUT2D eigenvalue weighted by Crippen LogP contribution is -2.18. The summed E-state index contributed by atoms with van der Waals surface area (Å²) < 4.78 is 1.89. The third-order valence-corrected chi connectivity index (χ3v) is 5.37. The van der Waals surface area contributed by atoms with Gasteiger partial charge >= 0.3 is 0 Å². The number of nitrogens with zero attached hydrogens (tertiary/aromatic N) is 6. The van der Waals surface area contributed by atoms with Crippen LogP contribution in [0.4, 0.5) is 0 Å². The van der Waals surface area contributed by atoms with Crippen LogP contribution in [0.5, 0.6) is 0 Å². The molecule has 4 rings (SSSR count). The highest BCUT2D eigenvalue weighted by molar-refractivity contribution is 7.12. The van der Waals surface area contributed by atoms with E-state index in [2.05, 4.69) is 25.7 Å². The van der Waals surface area contributed by atoms with Gasteiger partial charge in [-0.1, -0.05) is 54.9 Å². The van der Waals surface area contributed by atoms with Crippen molar-refractivity contribution < 1.29 is 0 Å². The second kappa shape index (κ2) is 6.64. The first-order valence-electron chi connectivity index (χ1n) is 8.22. The Bertz CT molecular complexity index is 855. The van der Waals surface area contributed by atoms with Gasteiger partial charge in [0.15, 0.2) is 0 Å². The summed E-state index contributed by atoms with van der Waals surface area (Å²) in [6, 6.07) is 8.50. The van der Waals surface area contributed by atoms with E-state index in [-0.39, 0.29) is 0 Å². The predicted molar refractivity (Wildman–Crippen MR) is 92.1 cm³/mol. The van der Waals surface area contributed by atoms with Crippen LogP contribution in [0.2, 0.25) is 0 Å². The quantitative estimate of drug-likeness (QED) is 0.793. The van der Waals surface area contributed by atoms with Gasteiger partial charge in [-0.2, -0.15) is 10.3 Å². The third kappa shape index (κ3) is 3.14. The van der Waals surface area contributed by atoms with Crippen molar-refractivity contribution in [2.45, 2.75) is 38.1 Å². The number of H-pyrrole nitrogens is 1. The van der Waals surface area contributed by atoms with E-state index in [0.29, 0.717) is 11.9 Å². The van der Waals surface area contributed by atoms with Gasteiger partial charge in [0.1, 0.15) is 5.01 Å². The largest absolute Gasteiger partial charge is 0.254 e. The Balaban J connectivity index is 1.60. The van der Waals surface area contributed by atoms with E-state index in [1.54, 1.807) is 11.3 Å². The van der Waals surface area contributed by atoms with Gasteiger partial charge in [0, 0.05) is 18.2 Å². The summed E-state index contributed by atoms with van der Waals surface area (Å²) in [4.78, 5) is 5.91. The molecule has 0 saturated heterocycles.